The van der Waals surface area contributed by atoms with Crippen LogP contribution in [0.1, 0.15) is 18.6 Å². The molecule has 2 aromatic rings. The van der Waals surface area contributed by atoms with Gasteiger partial charge in [-0.05, 0) is 24.6 Å². The van der Waals surface area contributed by atoms with Crippen LogP contribution in [-0.2, 0) is 18.4 Å². The summed E-state index contributed by atoms with van der Waals surface area (Å²) < 4.78 is 2.33. The molecule has 1 aromatic heterocycles. The Bertz CT molecular complexity index is 708. The predicted octanol–water partition coefficient (Wildman–Crippen LogP) is 0.473. The molecule has 1 aromatic carbocycles. The summed E-state index contributed by atoms with van der Waals surface area (Å²) in [6, 6.07) is 6.20. The Morgan fingerprint density at radius 3 is 2.59 bits per heavy atom. The van der Waals surface area contributed by atoms with Crippen molar-refractivity contribution in [2.45, 2.75) is 25.6 Å². The van der Waals surface area contributed by atoms with Gasteiger partial charge in [-0.2, -0.15) is 5.10 Å². The van der Waals surface area contributed by atoms with E-state index in [0.717, 1.165) is 4.68 Å². The molecule has 1 heterocycles. The van der Waals surface area contributed by atoms with Gasteiger partial charge >= 0.3 is 5.69 Å². The number of benzene rings is 1. The van der Waals surface area contributed by atoms with E-state index >= 15 is 0 Å². The molecule has 0 aliphatic heterocycles. The van der Waals surface area contributed by atoms with Crippen LogP contribution in [0, 0.1) is 0 Å². The van der Waals surface area contributed by atoms with Gasteiger partial charge in [-0.1, -0.05) is 23.7 Å². The number of amides is 1. The highest BCUT2D eigenvalue weighted by atomic mass is 35.5. The molecular formula is C14H17ClN4O3. The number of halogens is 1. The number of rotatable bonds is 5. The summed E-state index contributed by atoms with van der Waals surface area (Å²) in [6.07, 6.45) is 0.461. The van der Waals surface area contributed by atoms with E-state index in [-0.39, 0.29) is 12.2 Å². The van der Waals surface area contributed by atoms with Crippen molar-refractivity contribution in [1.29, 1.82) is 0 Å². The van der Waals surface area contributed by atoms with Crippen molar-refractivity contribution >= 4 is 17.5 Å². The number of nitrogens with zero attached hydrogens (tertiary/aromatic N) is 3. The third-order valence-electron chi connectivity index (χ3n) is 3.25. The molecule has 2 atom stereocenters. The normalized spacial score (nSPS) is 13.6. The maximum Gasteiger partial charge on any atom is 0.345 e. The van der Waals surface area contributed by atoms with Crippen molar-refractivity contribution in [3.63, 3.8) is 0 Å². The molecule has 0 fully saturated rings. The SMILES string of the molecule is CC(NC(=O)Cn1ncn(C)c1=O)C(O)c1ccc(Cl)cc1. The minimum absolute atomic E-state index is 0.197. The van der Waals surface area contributed by atoms with Gasteiger partial charge in [0.05, 0.1) is 12.1 Å². The van der Waals surface area contributed by atoms with Gasteiger partial charge in [0.15, 0.2) is 0 Å². The molecule has 0 spiro atoms. The van der Waals surface area contributed by atoms with E-state index in [1.807, 2.05) is 0 Å². The molecule has 0 saturated carbocycles. The van der Waals surface area contributed by atoms with Crippen molar-refractivity contribution < 1.29 is 9.90 Å². The number of hydrogen-bond acceptors (Lipinski definition) is 4. The van der Waals surface area contributed by atoms with Crippen molar-refractivity contribution in [2.75, 3.05) is 0 Å². The van der Waals surface area contributed by atoms with E-state index < -0.39 is 18.1 Å². The molecule has 1 amide bonds. The molecule has 2 rings (SSSR count). The Morgan fingerprint density at radius 1 is 1.41 bits per heavy atom. The smallest absolute Gasteiger partial charge is 0.345 e. The highest BCUT2D eigenvalue weighted by Crippen LogP contribution is 2.19. The van der Waals surface area contributed by atoms with Gasteiger partial charge in [0.2, 0.25) is 5.91 Å². The number of aryl methyl sites for hydroxylation is 1. The Balaban J connectivity index is 1.97. The second-order valence-corrected chi connectivity index (χ2v) is 5.47. The van der Waals surface area contributed by atoms with Crippen LogP contribution in [-0.4, -0.2) is 31.4 Å². The van der Waals surface area contributed by atoms with Crippen LogP contribution in [0.25, 0.3) is 0 Å². The molecule has 0 aliphatic rings. The number of carbonyl (C=O) groups excluding carboxylic acids is 1. The molecular weight excluding hydrogens is 308 g/mol. The first kappa shape index (κ1) is 16.3. The van der Waals surface area contributed by atoms with Crippen molar-refractivity contribution in [3.8, 4) is 0 Å². The molecule has 0 radical (unpaired) electrons. The highest BCUT2D eigenvalue weighted by Gasteiger charge is 2.19. The zero-order valence-corrected chi connectivity index (χ0v) is 13.0. The van der Waals surface area contributed by atoms with E-state index in [1.165, 1.54) is 10.9 Å². The Morgan fingerprint density at radius 2 is 2.05 bits per heavy atom. The average Bonchev–Trinajstić information content (AvgIpc) is 2.79. The van der Waals surface area contributed by atoms with Gasteiger partial charge in [-0.25, -0.2) is 9.48 Å². The number of aliphatic hydroxyl groups excluding tert-OH is 1. The number of nitrogens with one attached hydrogen (secondary N) is 1. The number of hydrogen-bond donors (Lipinski definition) is 2. The monoisotopic (exact) mass is 324 g/mol. The number of aromatic nitrogens is 3. The van der Waals surface area contributed by atoms with Crippen LogP contribution >= 0.6 is 11.6 Å². The summed E-state index contributed by atoms with van der Waals surface area (Å²) in [4.78, 5) is 23.5. The van der Waals surface area contributed by atoms with Crippen LogP contribution in [0.2, 0.25) is 5.02 Å². The lowest BCUT2D eigenvalue weighted by atomic mass is 10.0. The van der Waals surface area contributed by atoms with Gasteiger partial charge < -0.3 is 10.4 Å². The summed E-state index contributed by atoms with van der Waals surface area (Å²) in [5.74, 6) is -0.402. The number of aliphatic hydroxyl groups is 1. The second kappa shape index (κ2) is 6.76. The summed E-state index contributed by atoms with van der Waals surface area (Å²) >= 11 is 5.79. The maximum atomic E-state index is 11.9. The summed E-state index contributed by atoms with van der Waals surface area (Å²) in [6.45, 7) is 1.48. The Kier molecular flexibility index (Phi) is 4.99. The van der Waals surface area contributed by atoms with Gasteiger partial charge in [0.1, 0.15) is 12.9 Å². The molecule has 7 nitrogen and oxygen atoms in total. The van der Waals surface area contributed by atoms with Crippen molar-refractivity contribution in [1.82, 2.24) is 19.7 Å². The van der Waals surface area contributed by atoms with Crippen molar-refractivity contribution in [2.24, 2.45) is 7.05 Å². The molecule has 118 valence electrons. The minimum Gasteiger partial charge on any atom is -0.386 e. The van der Waals surface area contributed by atoms with Gasteiger partial charge in [-0.3, -0.25) is 9.36 Å². The maximum absolute atomic E-state index is 11.9. The average molecular weight is 325 g/mol. The van der Waals surface area contributed by atoms with Crippen LogP contribution in [0.3, 0.4) is 0 Å². The zero-order valence-electron chi connectivity index (χ0n) is 12.2. The third kappa shape index (κ3) is 3.75. The summed E-state index contributed by atoms with van der Waals surface area (Å²) in [5.41, 5.74) is 0.272. The van der Waals surface area contributed by atoms with Gasteiger partial charge in [0, 0.05) is 12.1 Å². The number of carbonyl (C=O) groups is 1. The van der Waals surface area contributed by atoms with Crippen molar-refractivity contribution in [3.05, 3.63) is 51.7 Å². The fourth-order valence-electron chi connectivity index (χ4n) is 1.99. The lowest BCUT2D eigenvalue weighted by molar-refractivity contribution is -0.123. The fraction of sp³-hybridized carbons (Fsp3) is 0.357. The quantitative estimate of drug-likeness (QED) is 0.837. The van der Waals surface area contributed by atoms with Crippen LogP contribution < -0.4 is 11.0 Å². The lowest BCUT2D eigenvalue weighted by Crippen LogP contribution is -2.40. The molecule has 0 bridgehead atoms. The largest absolute Gasteiger partial charge is 0.386 e. The van der Waals surface area contributed by atoms with Gasteiger partial charge in [0.25, 0.3) is 0 Å². The topological polar surface area (TPSA) is 89.2 Å². The fourth-order valence-corrected chi connectivity index (χ4v) is 2.12. The van der Waals surface area contributed by atoms with E-state index in [4.69, 9.17) is 11.6 Å². The second-order valence-electron chi connectivity index (χ2n) is 5.03. The molecule has 0 saturated heterocycles. The summed E-state index contributed by atoms with van der Waals surface area (Å²) in [5, 5.41) is 17.2. The van der Waals surface area contributed by atoms with Crippen LogP contribution in [0.15, 0.2) is 35.4 Å². The van der Waals surface area contributed by atoms with E-state index in [1.54, 1.807) is 38.2 Å². The van der Waals surface area contributed by atoms with Crippen LogP contribution in [0.5, 0.6) is 0 Å². The summed E-state index contributed by atoms with van der Waals surface area (Å²) in [7, 11) is 1.55. The first-order valence-corrected chi connectivity index (χ1v) is 7.07. The standard InChI is InChI=1S/C14H17ClN4O3/c1-9(13(21)10-3-5-11(15)6-4-10)17-12(20)7-19-14(22)18(2)8-16-19/h3-6,8-9,13,21H,7H2,1-2H3,(H,17,20). The van der Waals surface area contributed by atoms with Crippen LogP contribution in [0.4, 0.5) is 0 Å². The van der Waals surface area contributed by atoms with E-state index in [9.17, 15) is 14.7 Å². The Labute approximate surface area is 132 Å². The molecule has 0 aliphatic carbocycles. The van der Waals surface area contributed by atoms with E-state index in [0.29, 0.717) is 10.6 Å². The zero-order chi connectivity index (χ0) is 16.3. The Hall–Kier alpha value is -2.12. The van der Waals surface area contributed by atoms with Gasteiger partial charge in [-0.15, -0.1) is 0 Å². The third-order valence-corrected chi connectivity index (χ3v) is 3.51. The molecule has 22 heavy (non-hydrogen) atoms. The molecule has 2 N–H and O–H groups in total. The van der Waals surface area contributed by atoms with E-state index in [2.05, 4.69) is 10.4 Å². The first-order chi connectivity index (χ1) is 10.4. The molecule has 8 heteroatoms. The predicted molar refractivity (Wildman–Crippen MR) is 81.5 cm³/mol. The lowest BCUT2D eigenvalue weighted by Gasteiger charge is -2.20. The minimum atomic E-state index is -0.873. The first-order valence-electron chi connectivity index (χ1n) is 6.70. The highest BCUT2D eigenvalue weighted by molar-refractivity contribution is 6.30. The molecule has 2 unspecified atom stereocenters.